The third-order valence-electron chi connectivity index (χ3n) is 2.46. The van der Waals surface area contributed by atoms with Crippen LogP contribution in [0.3, 0.4) is 0 Å². The Labute approximate surface area is 117 Å². The van der Waals surface area contributed by atoms with Crippen LogP contribution in [-0.2, 0) is 6.54 Å². The molecule has 0 spiro atoms. The van der Waals surface area contributed by atoms with Gasteiger partial charge in [-0.15, -0.1) is 0 Å². The first-order valence-corrected chi connectivity index (χ1v) is 6.13. The van der Waals surface area contributed by atoms with Gasteiger partial charge in [0.25, 0.3) is 0 Å². The molecule has 2 rings (SSSR count). The topological polar surface area (TPSA) is 86.3 Å². The summed E-state index contributed by atoms with van der Waals surface area (Å²) < 4.78 is 5.93. The van der Waals surface area contributed by atoms with Gasteiger partial charge < -0.3 is 14.8 Å². The number of hydrogen-bond donors (Lipinski definition) is 2. The fraction of sp³-hybridized carbons (Fsp3) is 0.0769. The van der Waals surface area contributed by atoms with Crippen molar-refractivity contribution in [1.82, 2.24) is 0 Å². The first kappa shape index (κ1) is 13.2. The highest BCUT2D eigenvalue weighted by Crippen LogP contribution is 2.21. The third kappa shape index (κ3) is 3.14. The second-order valence-electron chi connectivity index (χ2n) is 3.76. The van der Waals surface area contributed by atoms with Crippen LogP contribution in [0.15, 0.2) is 39.4 Å². The molecule has 0 aliphatic carbocycles. The Bertz CT molecular complexity index is 658. The molecule has 5 nitrogen and oxygen atoms in total. The van der Waals surface area contributed by atoms with E-state index < -0.39 is 5.97 Å². The number of aromatic carboxylic acids is 1. The highest BCUT2D eigenvalue weighted by atomic mass is 79.9. The third-order valence-corrected chi connectivity index (χ3v) is 2.95. The van der Waals surface area contributed by atoms with E-state index in [-0.39, 0.29) is 5.56 Å². The number of carboxylic acids is 1. The number of halogens is 1. The molecule has 19 heavy (non-hydrogen) atoms. The van der Waals surface area contributed by atoms with Gasteiger partial charge in [0.2, 0.25) is 0 Å². The van der Waals surface area contributed by atoms with Gasteiger partial charge in [-0.3, -0.25) is 0 Å². The van der Waals surface area contributed by atoms with Gasteiger partial charge in [-0.05, 0) is 24.3 Å². The zero-order chi connectivity index (χ0) is 13.8. The minimum absolute atomic E-state index is 0.105. The van der Waals surface area contributed by atoms with E-state index in [2.05, 4.69) is 27.3 Å². The Kier molecular flexibility index (Phi) is 3.88. The van der Waals surface area contributed by atoms with Crippen molar-refractivity contribution in [3.63, 3.8) is 0 Å². The number of hydrogen-bond acceptors (Lipinski definition) is 4. The van der Waals surface area contributed by atoms with E-state index >= 15 is 0 Å². The molecule has 0 aliphatic heterocycles. The number of nitrogens with zero attached hydrogens (tertiary/aromatic N) is 1. The zero-order valence-electron chi connectivity index (χ0n) is 9.68. The quantitative estimate of drug-likeness (QED) is 0.903. The predicted octanol–water partition coefficient (Wildman–Crippen LogP) is 3.22. The molecule has 6 heteroatoms. The van der Waals surface area contributed by atoms with Gasteiger partial charge >= 0.3 is 5.97 Å². The SMILES string of the molecule is N#Cc1cc(Br)ccc1NCc1cc(C(=O)O)co1. The Morgan fingerprint density at radius 3 is 2.89 bits per heavy atom. The lowest BCUT2D eigenvalue weighted by Gasteiger charge is -2.06. The molecule has 0 bridgehead atoms. The maximum atomic E-state index is 10.7. The number of nitriles is 1. The van der Waals surface area contributed by atoms with Gasteiger partial charge in [-0.25, -0.2) is 4.79 Å². The van der Waals surface area contributed by atoms with Crippen LogP contribution in [0.4, 0.5) is 5.69 Å². The lowest BCUT2D eigenvalue weighted by atomic mass is 10.2. The van der Waals surface area contributed by atoms with Crippen molar-refractivity contribution >= 4 is 27.6 Å². The Hall–Kier alpha value is -2.26. The van der Waals surface area contributed by atoms with Gasteiger partial charge in [0.05, 0.1) is 23.4 Å². The smallest absolute Gasteiger partial charge is 0.338 e. The second kappa shape index (κ2) is 5.59. The van der Waals surface area contributed by atoms with E-state index in [0.717, 1.165) is 4.47 Å². The molecular formula is C13H9BrN2O3. The molecule has 0 fully saturated rings. The van der Waals surface area contributed by atoms with Gasteiger partial charge in [0.15, 0.2) is 0 Å². The molecule has 0 aliphatic rings. The highest BCUT2D eigenvalue weighted by molar-refractivity contribution is 9.10. The number of furan rings is 1. The predicted molar refractivity (Wildman–Crippen MR) is 71.9 cm³/mol. The van der Waals surface area contributed by atoms with E-state index in [1.807, 2.05) is 6.07 Å². The van der Waals surface area contributed by atoms with E-state index in [9.17, 15) is 4.79 Å². The maximum Gasteiger partial charge on any atom is 0.338 e. The van der Waals surface area contributed by atoms with Gasteiger partial charge in [-0.1, -0.05) is 15.9 Å². The molecule has 0 unspecified atom stereocenters. The monoisotopic (exact) mass is 320 g/mol. The maximum absolute atomic E-state index is 10.7. The van der Waals surface area contributed by atoms with Crippen molar-refractivity contribution in [2.75, 3.05) is 5.32 Å². The first-order valence-electron chi connectivity index (χ1n) is 5.34. The summed E-state index contributed by atoms with van der Waals surface area (Å²) in [5.74, 6) is -0.541. The molecule has 0 saturated heterocycles. The van der Waals surface area contributed by atoms with Crippen molar-refractivity contribution in [1.29, 1.82) is 5.26 Å². The van der Waals surface area contributed by atoms with Crippen LogP contribution in [0, 0.1) is 11.3 Å². The molecule has 0 radical (unpaired) electrons. The number of nitrogens with one attached hydrogen (secondary N) is 1. The zero-order valence-corrected chi connectivity index (χ0v) is 11.3. The minimum Gasteiger partial charge on any atom is -0.478 e. The summed E-state index contributed by atoms with van der Waals surface area (Å²) >= 11 is 3.29. The lowest BCUT2D eigenvalue weighted by Crippen LogP contribution is -2.00. The van der Waals surface area contributed by atoms with Gasteiger partial charge in [0.1, 0.15) is 18.1 Å². The van der Waals surface area contributed by atoms with Gasteiger partial charge in [-0.2, -0.15) is 5.26 Å². The van der Waals surface area contributed by atoms with Crippen LogP contribution in [0.1, 0.15) is 21.7 Å². The molecule has 0 saturated carbocycles. The first-order chi connectivity index (χ1) is 9.10. The van der Waals surface area contributed by atoms with Crippen molar-refractivity contribution in [2.45, 2.75) is 6.54 Å². The minimum atomic E-state index is -1.03. The summed E-state index contributed by atoms with van der Waals surface area (Å²) in [7, 11) is 0. The fourth-order valence-corrected chi connectivity index (χ4v) is 1.89. The molecule has 0 atom stereocenters. The Balaban J connectivity index is 2.10. The average molecular weight is 321 g/mol. The number of carboxylic acid groups (broad SMARTS) is 1. The van der Waals surface area contributed by atoms with Crippen molar-refractivity contribution in [2.24, 2.45) is 0 Å². The molecule has 1 aromatic carbocycles. The van der Waals surface area contributed by atoms with E-state index in [1.54, 1.807) is 12.1 Å². The molecule has 2 aromatic rings. The number of rotatable bonds is 4. The van der Waals surface area contributed by atoms with E-state index in [1.165, 1.54) is 12.3 Å². The summed E-state index contributed by atoms with van der Waals surface area (Å²) in [6.07, 6.45) is 1.19. The summed E-state index contributed by atoms with van der Waals surface area (Å²) in [4.78, 5) is 10.7. The number of benzene rings is 1. The van der Waals surface area contributed by atoms with Crippen LogP contribution in [0.2, 0.25) is 0 Å². The molecular weight excluding hydrogens is 312 g/mol. The number of carbonyl (C=O) groups is 1. The second-order valence-corrected chi connectivity index (χ2v) is 4.68. The average Bonchev–Trinajstić information content (AvgIpc) is 2.86. The summed E-state index contributed by atoms with van der Waals surface area (Å²) in [6, 6.07) is 8.81. The van der Waals surface area contributed by atoms with Crippen LogP contribution in [0.5, 0.6) is 0 Å². The van der Waals surface area contributed by atoms with E-state index in [0.29, 0.717) is 23.6 Å². The largest absolute Gasteiger partial charge is 0.478 e. The fourth-order valence-electron chi connectivity index (χ4n) is 1.53. The molecule has 1 aromatic heterocycles. The summed E-state index contributed by atoms with van der Waals surface area (Å²) in [5, 5.41) is 20.8. The summed E-state index contributed by atoms with van der Waals surface area (Å²) in [5.41, 5.74) is 1.27. The standard InChI is InChI=1S/C13H9BrN2O3/c14-10-1-2-12(8(3-10)5-15)16-6-11-4-9(7-19-11)13(17)18/h1-4,7,16H,6H2,(H,17,18). The molecule has 0 amide bonds. The normalized spacial score (nSPS) is 9.89. The Morgan fingerprint density at radius 1 is 1.47 bits per heavy atom. The van der Waals surface area contributed by atoms with Crippen LogP contribution < -0.4 is 5.32 Å². The van der Waals surface area contributed by atoms with E-state index in [4.69, 9.17) is 14.8 Å². The van der Waals surface area contributed by atoms with Crippen molar-refractivity contribution < 1.29 is 14.3 Å². The van der Waals surface area contributed by atoms with Crippen LogP contribution >= 0.6 is 15.9 Å². The Morgan fingerprint density at radius 2 is 2.26 bits per heavy atom. The summed E-state index contributed by atoms with van der Waals surface area (Å²) in [6.45, 7) is 0.309. The van der Waals surface area contributed by atoms with Crippen molar-refractivity contribution in [3.05, 3.63) is 51.9 Å². The van der Waals surface area contributed by atoms with Gasteiger partial charge in [0, 0.05) is 4.47 Å². The lowest BCUT2D eigenvalue weighted by molar-refractivity contribution is 0.0696. The number of anilines is 1. The van der Waals surface area contributed by atoms with Crippen LogP contribution in [-0.4, -0.2) is 11.1 Å². The van der Waals surface area contributed by atoms with Crippen LogP contribution in [0.25, 0.3) is 0 Å². The molecule has 96 valence electrons. The van der Waals surface area contributed by atoms with Crippen molar-refractivity contribution in [3.8, 4) is 6.07 Å². The molecule has 1 heterocycles. The molecule has 2 N–H and O–H groups in total. The highest BCUT2D eigenvalue weighted by Gasteiger charge is 2.09.